The summed E-state index contributed by atoms with van der Waals surface area (Å²) in [6.45, 7) is 1.90. The molecule has 0 saturated heterocycles. The van der Waals surface area contributed by atoms with Gasteiger partial charge in [0, 0.05) is 33.7 Å². The summed E-state index contributed by atoms with van der Waals surface area (Å²) in [7, 11) is 0. The average molecular weight is 484 g/mol. The van der Waals surface area contributed by atoms with Gasteiger partial charge in [-0.3, -0.25) is 14.3 Å². The molecule has 0 saturated carbocycles. The van der Waals surface area contributed by atoms with Gasteiger partial charge in [0.15, 0.2) is 11.0 Å². The van der Waals surface area contributed by atoms with Gasteiger partial charge in [0.1, 0.15) is 0 Å². The van der Waals surface area contributed by atoms with Crippen molar-refractivity contribution in [3.8, 4) is 17.1 Å². The van der Waals surface area contributed by atoms with E-state index in [0.29, 0.717) is 21.0 Å². The predicted molar refractivity (Wildman–Crippen MR) is 128 cm³/mol. The van der Waals surface area contributed by atoms with Gasteiger partial charge in [-0.05, 0) is 55.0 Å². The van der Waals surface area contributed by atoms with Crippen molar-refractivity contribution in [1.82, 2.24) is 25.1 Å². The van der Waals surface area contributed by atoms with Crippen LogP contribution >= 0.6 is 35.0 Å². The van der Waals surface area contributed by atoms with Gasteiger partial charge in [-0.15, -0.1) is 10.2 Å². The first-order valence-corrected chi connectivity index (χ1v) is 11.6. The number of benzene rings is 2. The van der Waals surface area contributed by atoms with Crippen LogP contribution in [0.25, 0.3) is 17.1 Å². The zero-order chi connectivity index (χ0) is 22.5. The Morgan fingerprint density at radius 1 is 1.03 bits per heavy atom. The smallest absolute Gasteiger partial charge is 0.230 e. The van der Waals surface area contributed by atoms with Crippen molar-refractivity contribution >= 4 is 40.9 Å². The number of nitrogens with zero attached hydrogens (tertiary/aromatic N) is 4. The zero-order valence-electron chi connectivity index (χ0n) is 17.1. The van der Waals surface area contributed by atoms with E-state index in [9.17, 15) is 4.79 Å². The lowest BCUT2D eigenvalue weighted by Gasteiger charge is -2.15. The highest BCUT2D eigenvalue weighted by Crippen LogP contribution is 2.29. The van der Waals surface area contributed by atoms with Gasteiger partial charge in [0.2, 0.25) is 5.91 Å². The van der Waals surface area contributed by atoms with E-state index in [2.05, 4.69) is 20.5 Å². The molecule has 0 spiro atoms. The highest BCUT2D eigenvalue weighted by atomic mass is 35.5. The molecule has 0 aliphatic rings. The van der Waals surface area contributed by atoms with E-state index in [1.54, 1.807) is 24.5 Å². The molecule has 9 heteroatoms. The number of pyridine rings is 1. The number of carbonyl (C=O) groups is 1. The van der Waals surface area contributed by atoms with Crippen LogP contribution in [0.15, 0.2) is 78.2 Å². The Hall–Kier alpha value is -2.87. The van der Waals surface area contributed by atoms with Crippen molar-refractivity contribution in [2.24, 2.45) is 0 Å². The normalized spacial score (nSPS) is 11.8. The van der Waals surface area contributed by atoms with Gasteiger partial charge < -0.3 is 5.32 Å². The lowest BCUT2D eigenvalue weighted by atomic mass is 10.1. The summed E-state index contributed by atoms with van der Waals surface area (Å²) in [6, 6.07) is 18.4. The SMILES string of the molecule is CC(NC(=O)CSc1nnc(-c2ccncc2)n1-c1ccc(Cl)cc1)c1ccccc1Cl. The summed E-state index contributed by atoms with van der Waals surface area (Å²) in [4.78, 5) is 16.7. The van der Waals surface area contributed by atoms with Gasteiger partial charge in [0.25, 0.3) is 0 Å². The fraction of sp³-hybridized carbons (Fsp3) is 0.130. The summed E-state index contributed by atoms with van der Waals surface area (Å²) >= 11 is 13.6. The minimum atomic E-state index is -0.210. The molecule has 1 N–H and O–H groups in total. The highest BCUT2D eigenvalue weighted by Gasteiger charge is 2.18. The second kappa shape index (κ2) is 10.2. The number of amides is 1. The third-order valence-electron chi connectivity index (χ3n) is 4.74. The molecule has 1 atom stereocenters. The Kier molecular flexibility index (Phi) is 7.09. The van der Waals surface area contributed by atoms with Crippen LogP contribution < -0.4 is 5.32 Å². The van der Waals surface area contributed by atoms with E-state index in [1.807, 2.05) is 60.0 Å². The molecule has 2 aromatic heterocycles. The topological polar surface area (TPSA) is 72.7 Å². The van der Waals surface area contributed by atoms with Crippen molar-refractivity contribution in [2.75, 3.05) is 5.75 Å². The van der Waals surface area contributed by atoms with Gasteiger partial charge >= 0.3 is 0 Å². The maximum atomic E-state index is 12.6. The van der Waals surface area contributed by atoms with Crippen LogP contribution in [0.2, 0.25) is 10.0 Å². The number of hydrogen-bond donors (Lipinski definition) is 1. The molecule has 0 aliphatic carbocycles. The summed E-state index contributed by atoms with van der Waals surface area (Å²) in [6.07, 6.45) is 3.40. The predicted octanol–water partition coefficient (Wildman–Crippen LogP) is 5.61. The van der Waals surface area contributed by atoms with Crippen molar-refractivity contribution in [3.05, 3.63) is 88.7 Å². The Labute approximate surface area is 200 Å². The average Bonchev–Trinajstić information content (AvgIpc) is 3.23. The summed E-state index contributed by atoms with van der Waals surface area (Å²) < 4.78 is 1.90. The second-order valence-corrected chi connectivity index (χ2v) is 8.74. The highest BCUT2D eigenvalue weighted by molar-refractivity contribution is 7.99. The fourth-order valence-electron chi connectivity index (χ4n) is 3.19. The molecule has 0 aliphatic heterocycles. The molecule has 2 heterocycles. The van der Waals surface area contributed by atoms with Crippen molar-refractivity contribution in [2.45, 2.75) is 18.1 Å². The molecule has 32 heavy (non-hydrogen) atoms. The third-order valence-corrected chi connectivity index (χ3v) is 6.26. The third kappa shape index (κ3) is 5.12. The molecule has 162 valence electrons. The molecule has 0 radical (unpaired) electrons. The molecular formula is C23H19Cl2N5OS. The number of carbonyl (C=O) groups excluding carboxylic acids is 1. The van der Waals surface area contributed by atoms with E-state index < -0.39 is 0 Å². The van der Waals surface area contributed by atoms with Crippen molar-refractivity contribution in [3.63, 3.8) is 0 Å². The lowest BCUT2D eigenvalue weighted by molar-refractivity contribution is -0.119. The Morgan fingerprint density at radius 3 is 2.47 bits per heavy atom. The van der Waals surface area contributed by atoms with Crippen LogP contribution in [0.1, 0.15) is 18.5 Å². The standard InChI is InChI=1S/C23H19Cl2N5OS/c1-15(19-4-2-3-5-20(19)25)27-21(31)14-32-23-29-28-22(16-10-12-26-13-11-16)30(23)18-8-6-17(24)7-9-18/h2-13,15H,14H2,1H3,(H,27,31). The lowest BCUT2D eigenvalue weighted by Crippen LogP contribution is -2.28. The van der Waals surface area contributed by atoms with E-state index in [-0.39, 0.29) is 17.7 Å². The van der Waals surface area contributed by atoms with Crippen molar-refractivity contribution in [1.29, 1.82) is 0 Å². The van der Waals surface area contributed by atoms with Crippen LogP contribution in [0, 0.1) is 0 Å². The number of halogens is 2. The second-order valence-electron chi connectivity index (χ2n) is 6.95. The molecule has 1 unspecified atom stereocenters. The van der Waals surface area contributed by atoms with Gasteiger partial charge in [-0.2, -0.15) is 0 Å². The van der Waals surface area contributed by atoms with Crippen LogP contribution in [-0.2, 0) is 4.79 Å². The first-order chi connectivity index (χ1) is 15.5. The number of aromatic nitrogens is 4. The Bertz CT molecular complexity index is 1210. The maximum Gasteiger partial charge on any atom is 0.230 e. The number of rotatable bonds is 7. The molecular weight excluding hydrogens is 465 g/mol. The fourth-order valence-corrected chi connectivity index (χ4v) is 4.38. The molecule has 2 aromatic carbocycles. The molecule has 0 fully saturated rings. The zero-order valence-corrected chi connectivity index (χ0v) is 19.4. The van der Waals surface area contributed by atoms with E-state index >= 15 is 0 Å². The van der Waals surface area contributed by atoms with Gasteiger partial charge in [0.05, 0.1) is 11.8 Å². The number of nitrogens with one attached hydrogen (secondary N) is 1. The van der Waals surface area contributed by atoms with Crippen LogP contribution in [0.4, 0.5) is 0 Å². The summed E-state index contributed by atoms with van der Waals surface area (Å²) in [5.74, 6) is 0.706. The maximum absolute atomic E-state index is 12.6. The minimum Gasteiger partial charge on any atom is -0.349 e. The molecule has 6 nitrogen and oxygen atoms in total. The first kappa shape index (κ1) is 22.3. The Balaban J connectivity index is 1.55. The molecule has 0 bridgehead atoms. The van der Waals surface area contributed by atoms with Gasteiger partial charge in [-0.25, -0.2) is 0 Å². The monoisotopic (exact) mass is 483 g/mol. The Morgan fingerprint density at radius 2 is 1.75 bits per heavy atom. The first-order valence-electron chi connectivity index (χ1n) is 9.81. The van der Waals surface area contributed by atoms with E-state index in [1.165, 1.54) is 11.8 Å². The van der Waals surface area contributed by atoms with Gasteiger partial charge in [-0.1, -0.05) is 53.2 Å². The van der Waals surface area contributed by atoms with E-state index in [0.717, 1.165) is 16.8 Å². The number of hydrogen-bond acceptors (Lipinski definition) is 5. The molecule has 4 rings (SSSR count). The largest absolute Gasteiger partial charge is 0.349 e. The van der Waals surface area contributed by atoms with Crippen LogP contribution in [0.3, 0.4) is 0 Å². The van der Waals surface area contributed by atoms with E-state index in [4.69, 9.17) is 23.2 Å². The number of thioether (sulfide) groups is 1. The molecule has 1 amide bonds. The summed E-state index contributed by atoms with van der Waals surface area (Å²) in [5, 5.41) is 13.5. The quantitative estimate of drug-likeness (QED) is 0.346. The minimum absolute atomic E-state index is 0.126. The summed E-state index contributed by atoms with van der Waals surface area (Å²) in [5.41, 5.74) is 2.58. The van der Waals surface area contributed by atoms with Crippen LogP contribution in [0.5, 0.6) is 0 Å². The van der Waals surface area contributed by atoms with Crippen molar-refractivity contribution < 1.29 is 4.79 Å². The molecule has 4 aromatic rings. The van der Waals surface area contributed by atoms with Crippen LogP contribution in [-0.4, -0.2) is 31.4 Å².